The molecule has 0 saturated heterocycles. The monoisotopic (exact) mass is 342 g/mol. The molecule has 0 aromatic heterocycles. The highest BCUT2D eigenvalue weighted by Gasteiger charge is 2.19. The molecule has 0 aliphatic heterocycles. The van der Waals surface area contributed by atoms with Gasteiger partial charge in [0.05, 0.1) is 5.69 Å². The molecule has 2 rings (SSSR count). The maximum atomic E-state index is 14.1. The van der Waals surface area contributed by atoms with Gasteiger partial charge >= 0.3 is 0 Å². The summed E-state index contributed by atoms with van der Waals surface area (Å²) >= 11 is 3.21. The van der Waals surface area contributed by atoms with E-state index in [1.165, 1.54) is 6.92 Å². The van der Waals surface area contributed by atoms with Crippen LogP contribution in [-0.2, 0) is 10.1 Å². The number of halogens is 2. The third-order valence-electron chi connectivity index (χ3n) is 2.69. The summed E-state index contributed by atoms with van der Waals surface area (Å²) in [6, 6.07) is 3.40. The van der Waals surface area contributed by atoms with Crippen LogP contribution in [0.3, 0.4) is 0 Å². The van der Waals surface area contributed by atoms with Crippen molar-refractivity contribution in [1.29, 1.82) is 0 Å². The van der Waals surface area contributed by atoms with Gasteiger partial charge < -0.3 is 5.32 Å². The minimum absolute atomic E-state index is 0.163. The quantitative estimate of drug-likeness (QED) is 0.618. The zero-order valence-electron chi connectivity index (χ0n) is 12.0. The number of anilines is 1. The average molecular weight is 343 g/mol. The molecular weight excluding hydrogens is 323 g/mol. The fourth-order valence-corrected chi connectivity index (χ4v) is 1.98. The second-order valence-corrected chi connectivity index (χ2v) is 4.92. The van der Waals surface area contributed by atoms with Gasteiger partial charge in [-0.25, -0.2) is 4.39 Å². The average Bonchev–Trinajstić information content (AvgIpc) is 3.25. The smallest absolute Gasteiger partial charge is 0.221 e. The van der Waals surface area contributed by atoms with Gasteiger partial charge in [-0.3, -0.25) is 9.79 Å². The molecule has 1 aliphatic carbocycles. The van der Waals surface area contributed by atoms with Crippen molar-refractivity contribution in [3.8, 4) is 0 Å². The highest BCUT2D eigenvalue weighted by molar-refractivity contribution is 9.08. The predicted molar refractivity (Wildman–Crippen MR) is 85.6 cm³/mol. The molecule has 1 fully saturated rings. The topological polar surface area (TPSA) is 41.5 Å². The normalized spacial score (nSPS) is 13.8. The third-order valence-corrected chi connectivity index (χ3v) is 3.30. The number of alkyl halides is 1. The van der Waals surface area contributed by atoms with Crippen LogP contribution >= 0.6 is 15.9 Å². The summed E-state index contributed by atoms with van der Waals surface area (Å²) in [6.07, 6.45) is 4.11. The number of rotatable bonds is 4. The fraction of sp³-hybridized carbons (Fsp3) is 0.467. The molecule has 1 saturated carbocycles. The lowest BCUT2D eigenvalue weighted by atomic mass is 10.1. The zero-order valence-corrected chi connectivity index (χ0v) is 13.6. The summed E-state index contributed by atoms with van der Waals surface area (Å²) in [7, 11) is 0. The number of amides is 1. The third kappa shape index (κ3) is 4.71. The summed E-state index contributed by atoms with van der Waals surface area (Å²) in [5, 5.41) is 2.91. The molecule has 3 nitrogen and oxygen atoms in total. The molecule has 1 amide bonds. The van der Waals surface area contributed by atoms with Crippen molar-refractivity contribution in [1.82, 2.24) is 0 Å². The summed E-state index contributed by atoms with van der Waals surface area (Å²) in [4.78, 5) is 15.4. The number of benzene rings is 1. The van der Waals surface area contributed by atoms with Crippen LogP contribution in [0.15, 0.2) is 17.1 Å². The van der Waals surface area contributed by atoms with E-state index in [1.807, 2.05) is 20.1 Å². The van der Waals surface area contributed by atoms with Crippen LogP contribution in [0.4, 0.5) is 15.8 Å². The highest BCUT2D eigenvalue weighted by atomic mass is 79.9. The summed E-state index contributed by atoms with van der Waals surface area (Å²) in [6.45, 7) is 5.36. The SMILES string of the molecule is CC.CC(=O)Nc1c(N=CC2CC2)ccc(CBr)c1F. The molecule has 0 unspecified atom stereocenters. The van der Waals surface area contributed by atoms with Crippen molar-refractivity contribution in [2.75, 3.05) is 5.32 Å². The van der Waals surface area contributed by atoms with Gasteiger partial charge in [-0.2, -0.15) is 0 Å². The van der Waals surface area contributed by atoms with E-state index in [4.69, 9.17) is 0 Å². The van der Waals surface area contributed by atoms with Crippen molar-refractivity contribution >= 4 is 39.4 Å². The lowest BCUT2D eigenvalue weighted by Gasteiger charge is -2.10. The van der Waals surface area contributed by atoms with E-state index < -0.39 is 5.82 Å². The zero-order chi connectivity index (χ0) is 15.1. The fourth-order valence-electron chi connectivity index (χ4n) is 1.55. The number of aliphatic imine (C=N–C) groups is 1. The Kier molecular flexibility index (Phi) is 6.85. The van der Waals surface area contributed by atoms with Gasteiger partial charge in [0.2, 0.25) is 5.91 Å². The van der Waals surface area contributed by atoms with Crippen molar-refractivity contribution in [3.05, 3.63) is 23.5 Å². The van der Waals surface area contributed by atoms with Gasteiger partial charge in [-0.05, 0) is 24.8 Å². The van der Waals surface area contributed by atoms with E-state index in [2.05, 4.69) is 26.2 Å². The molecule has 1 aliphatic rings. The van der Waals surface area contributed by atoms with Gasteiger partial charge in [0.15, 0.2) is 5.82 Å². The van der Waals surface area contributed by atoms with Crippen LogP contribution in [-0.4, -0.2) is 12.1 Å². The minimum Gasteiger partial charge on any atom is -0.322 e. The molecule has 0 atom stereocenters. The Balaban J connectivity index is 0.000000956. The van der Waals surface area contributed by atoms with Crippen LogP contribution in [0.5, 0.6) is 0 Å². The van der Waals surface area contributed by atoms with Crippen molar-refractivity contribution < 1.29 is 9.18 Å². The first kappa shape index (κ1) is 16.8. The van der Waals surface area contributed by atoms with Crippen LogP contribution in [0.25, 0.3) is 0 Å². The van der Waals surface area contributed by atoms with Crippen LogP contribution in [0.1, 0.15) is 39.2 Å². The maximum absolute atomic E-state index is 14.1. The molecule has 0 heterocycles. The van der Waals surface area contributed by atoms with E-state index >= 15 is 0 Å². The molecule has 110 valence electrons. The first-order chi connectivity index (χ1) is 9.61. The van der Waals surface area contributed by atoms with Gasteiger partial charge in [0, 0.05) is 24.0 Å². The predicted octanol–water partition coefficient (Wildman–Crippen LogP) is 4.82. The number of nitrogens with zero attached hydrogens (tertiary/aromatic N) is 1. The van der Waals surface area contributed by atoms with Gasteiger partial charge in [-0.1, -0.05) is 35.8 Å². The molecule has 1 aromatic carbocycles. The first-order valence-electron chi connectivity index (χ1n) is 6.81. The number of hydrogen-bond donors (Lipinski definition) is 1. The van der Waals surface area contributed by atoms with Crippen LogP contribution in [0.2, 0.25) is 0 Å². The number of carbonyl (C=O) groups excluding carboxylic acids is 1. The Labute approximate surface area is 127 Å². The lowest BCUT2D eigenvalue weighted by molar-refractivity contribution is -0.114. The van der Waals surface area contributed by atoms with E-state index in [1.54, 1.807) is 12.1 Å². The van der Waals surface area contributed by atoms with E-state index in [0.29, 0.717) is 22.5 Å². The highest BCUT2D eigenvalue weighted by Crippen LogP contribution is 2.33. The van der Waals surface area contributed by atoms with Gasteiger partial charge in [0.25, 0.3) is 0 Å². The van der Waals surface area contributed by atoms with Crippen molar-refractivity contribution in [2.24, 2.45) is 10.9 Å². The first-order valence-corrected chi connectivity index (χ1v) is 7.93. The summed E-state index contributed by atoms with van der Waals surface area (Å²) < 4.78 is 14.1. The molecule has 20 heavy (non-hydrogen) atoms. The molecular formula is C15H20BrFN2O. The lowest BCUT2D eigenvalue weighted by Crippen LogP contribution is -2.09. The standard InChI is InChI=1S/C13H14BrFN2O.C2H6/c1-8(18)17-13-11(16-7-9-2-3-9)5-4-10(6-14)12(13)15;1-2/h4-5,7,9H,2-3,6H2,1H3,(H,17,18);1-2H3. The molecule has 1 aromatic rings. The van der Waals surface area contributed by atoms with Gasteiger partial charge in [0.1, 0.15) is 5.69 Å². The Morgan fingerprint density at radius 2 is 2.15 bits per heavy atom. The Morgan fingerprint density at radius 3 is 2.65 bits per heavy atom. The maximum Gasteiger partial charge on any atom is 0.221 e. The molecule has 5 heteroatoms. The van der Waals surface area contributed by atoms with Crippen LogP contribution < -0.4 is 5.32 Å². The van der Waals surface area contributed by atoms with E-state index in [0.717, 1.165) is 12.8 Å². The summed E-state index contributed by atoms with van der Waals surface area (Å²) in [5.41, 5.74) is 1.14. The van der Waals surface area contributed by atoms with E-state index in [-0.39, 0.29) is 11.6 Å². The Hall–Kier alpha value is -1.23. The van der Waals surface area contributed by atoms with Gasteiger partial charge in [-0.15, -0.1) is 0 Å². The second kappa shape index (κ2) is 8.15. The molecule has 0 radical (unpaired) electrons. The summed E-state index contributed by atoms with van der Waals surface area (Å²) in [5.74, 6) is -0.217. The van der Waals surface area contributed by atoms with Crippen molar-refractivity contribution in [3.63, 3.8) is 0 Å². The molecule has 1 N–H and O–H groups in total. The molecule has 0 bridgehead atoms. The minimum atomic E-state index is -0.424. The van der Waals surface area contributed by atoms with E-state index in [9.17, 15) is 9.18 Å². The number of carbonyl (C=O) groups is 1. The number of nitrogens with one attached hydrogen (secondary N) is 1. The Morgan fingerprint density at radius 1 is 1.50 bits per heavy atom. The second-order valence-electron chi connectivity index (χ2n) is 4.36. The largest absolute Gasteiger partial charge is 0.322 e. The number of hydrogen-bond acceptors (Lipinski definition) is 2. The van der Waals surface area contributed by atoms with Crippen LogP contribution in [0, 0.1) is 11.7 Å². The Bertz CT molecular complexity index is 499. The molecule has 0 spiro atoms. The van der Waals surface area contributed by atoms with Crippen molar-refractivity contribution in [2.45, 2.75) is 38.9 Å².